The van der Waals surface area contributed by atoms with Gasteiger partial charge in [0.25, 0.3) is 0 Å². The summed E-state index contributed by atoms with van der Waals surface area (Å²) in [5, 5.41) is 16.9. The molecule has 284 valence electrons. The normalized spacial score (nSPS) is 11.9. The van der Waals surface area contributed by atoms with Gasteiger partial charge in [-0.2, -0.15) is 0 Å². The van der Waals surface area contributed by atoms with Crippen LogP contribution in [0.5, 0.6) is 0 Å². The molecule has 0 aliphatic heterocycles. The number of nitrogens with one attached hydrogen (secondary N) is 3. The van der Waals surface area contributed by atoms with Crippen LogP contribution >= 0.6 is 0 Å². The minimum atomic E-state index is -1.10. The summed E-state index contributed by atoms with van der Waals surface area (Å²) in [6.45, 7) is 0.175. The molecule has 0 radical (unpaired) electrons. The van der Waals surface area contributed by atoms with Crippen molar-refractivity contribution in [2.75, 3.05) is 0 Å². The van der Waals surface area contributed by atoms with Crippen LogP contribution in [0.15, 0.2) is 152 Å². The number of hydrogen-bond acceptors (Lipinski definition) is 7. The minimum Gasteiger partial charge on any atom is -0.480 e. The number of carboxylic acids is 1. The molecule has 5 aromatic rings. The van der Waals surface area contributed by atoms with Crippen molar-refractivity contribution in [1.29, 1.82) is 0 Å². The molecule has 4 amide bonds. The van der Waals surface area contributed by atoms with E-state index in [4.69, 9.17) is 15.2 Å². The predicted octanol–water partition coefficient (Wildman–Crippen LogP) is 5.35. The number of rotatable bonds is 16. The first-order valence-electron chi connectivity index (χ1n) is 17.5. The number of benzene rings is 5. The Morgan fingerprint density at radius 1 is 0.455 bits per heavy atom. The van der Waals surface area contributed by atoms with E-state index in [0.29, 0.717) is 0 Å². The second-order valence-electron chi connectivity index (χ2n) is 12.4. The van der Waals surface area contributed by atoms with E-state index in [1.807, 2.05) is 152 Å². The quantitative estimate of drug-likeness (QED) is 0.0896. The molecule has 0 spiro atoms. The Bertz CT molecular complexity index is 1930. The van der Waals surface area contributed by atoms with Gasteiger partial charge in [0, 0.05) is 19.3 Å². The zero-order valence-corrected chi connectivity index (χ0v) is 30.1. The highest BCUT2D eigenvalue weighted by Gasteiger charge is 2.27. The second-order valence-corrected chi connectivity index (χ2v) is 12.4. The maximum Gasteiger partial charge on any atom is 0.408 e. The number of primary amides is 1. The van der Waals surface area contributed by atoms with Crippen molar-refractivity contribution in [3.63, 3.8) is 0 Å². The molecule has 0 aliphatic carbocycles. The van der Waals surface area contributed by atoms with Crippen LogP contribution in [0.4, 0.5) is 9.59 Å². The lowest BCUT2D eigenvalue weighted by molar-refractivity contribution is -0.139. The molecule has 0 saturated heterocycles. The molecule has 55 heavy (non-hydrogen) atoms. The number of nitrogens with two attached hydrogens (primary N) is 1. The van der Waals surface area contributed by atoms with Crippen molar-refractivity contribution in [2.45, 2.75) is 50.6 Å². The largest absolute Gasteiger partial charge is 0.480 e. The van der Waals surface area contributed by atoms with E-state index in [0.717, 1.165) is 27.8 Å². The maximum absolute atomic E-state index is 13.1. The molecular formula is C43H44N4O8. The van der Waals surface area contributed by atoms with E-state index in [1.165, 1.54) is 0 Å². The first kappa shape index (κ1) is 40.8. The summed E-state index contributed by atoms with van der Waals surface area (Å²) in [5.74, 6) is -2.27. The number of carbonyl (C=O) groups excluding carboxylic acids is 4. The van der Waals surface area contributed by atoms with Gasteiger partial charge in [-0.25, -0.2) is 14.4 Å². The molecule has 3 atom stereocenters. The lowest BCUT2D eigenvalue weighted by Gasteiger charge is -2.22. The van der Waals surface area contributed by atoms with Gasteiger partial charge in [0.15, 0.2) is 0 Å². The monoisotopic (exact) mass is 744 g/mol. The van der Waals surface area contributed by atoms with Crippen LogP contribution in [0.2, 0.25) is 0 Å². The summed E-state index contributed by atoms with van der Waals surface area (Å²) in [5.41, 5.74) is 9.74. The molecule has 0 heterocycles. The number of amides is 4. The number of carbonyl (C=O) groups is 5. The van der Waals surface area contributed by atoms with E-state index >= 15 is 0 Å². The van der Waals surface area contributed by atoms with E-state index in [-0.39, 0.29) is 32.5 Å². The van der Waals surface area contributed by atoms with E-state index < -0.39 is 48.1 Å². The van der Waals surface area contributed by atoms with Gasteiger partial charge in [-0.05, 0) is 27.8 Å². The molecule has 0 aliphatic rings. The van der Waals surface area contributed by atoms with Gasteiger partial charge in [0.2, 0.25) is 11.8 Å². The van der Waals surface area contributed by atoms with Crippen LogP contribution in [-0.4, -0.2) is 53.2 Å². The highest BCUT2D eigenvalue weighted by Crippen LogP contribution is 2.09. The topological polar surface area (TPSA) is 186 Å². The zero-order chi connectivity index (χ0) is 39.3. The summed E-state index contributed by atoms with van der Waals surface area (Å²) in [6, 6.07) is 43.2. The third kappa shape index (κ3) is 15.3. The molecule has 5 aromatic carbocycles. The van der Waals surface area contributed by atoms with E-state index in [9.17, 15) is 29.1 Å². The van der Waals surface area contributed by atoms with Gasteiger partial charge >= 0.3 is 18.2 Å². The fraction of sp³-hybridized carbons (Fsp3) is 0.186. The molecule has 5 rings (SSSR count). The highest BCUT2D eigenvalue weighted by molar-refractivity contribution is 5.91. The van der Waals surface area contributed by atoms with E-state index in [2.05, 4.69) is 16.0 Å². The number of ether oxygens (including phenoxy) is 2. The molecular weight excluding hydrogens is 700 g/mol. The van der Waals surface area contributed by atoms with Crippen LogP contribution < -0.4 is 21.7 Å². The average Bonchev–Trinajstić information content (AvgIpc) is 3.20. The lowest BCUT2D eigenvalue weighted by atomic mass is 10.0. The Morgan fingerprint density at radius 2 is 0.764 bits per heavy atom. The van der Waals surface area contributed by atoms with Crippen molar-refractivity contribution >= 4 is 30.0 Å². The third-order valence-electron chi connectivity index (χ3n) is 8.13. The summed E-state index contributed by atoms with van der Waals surface area (Å²) in [4.78, 5) is 60.5. The standard InChI is InChI=1S/C26H27N3O4.C17H17NO4/c27-24(30)22(16-19-10-4-1-5-11-19)28-25(31)23(17-20-12-6-2-7-13-20)29-26(32)33-18-21-14-8-3-9-15-21;19-16(20)15(11-13-7-3-1-4-8-13)18-17(21)22-12-14-9-5-2-6-10-14/h1-15,22-23H,16-18H2,(H2,27,30)(H,28,31)(H,29,32);1-10,15H,11-12H2,(H,18,21)(H,19,20)/t22-,23-;15-/m00/s1. The highest BCUT2D eigenvalue weighted by atomic mass is 16.6. The Hall–Kier alpha value is -6.95. The first-order chi connectivity index (χ1) is 26.7. The lowest BCUT2D eigenvalue weighted by Crippen LogP contribution is -2.54. The number of hydrogen-bond donors (Lipinski definition) is 5. The molecule has 0 unspecified atom stereocenters. The van der Waals surface area contributed by atoms with Gasteiger partial charge in [-0.3, -0.25) is 9.59 Å². The molecule has 12 nitrogen and oxygen atoms in total. The van der Waals surface area contributed by atoms with Crippen molar-refractivity contribution in [1.82, 2.24) is 16.0 Å². The average molecular weight is 745 g/mol. The Kier molecular flexibility index (Phi) is 16.5. The van der Waals surface area contributed by atoms with Gasteiger partial charge < -0.3 is 36.3 Å². The number of alkyl carbamates (subject to hydrolysis) is 2. The van der Waals surface area contributed by atoms with Crippen molar-refractivity contribution in [3.05, 3.63) is 179 Å². The van der Waals surface area contributed by atoms with Crippen LogP contribution in [0, 0.1) is 0 Å². The Morgan fingerprint density at radius 3 is 1.11 bits per heavy atom. The molecule has 0 bridgehead atoms. The van der Waals surface area contributed by atoms with Crippen LogP contribution in [-0.2, 0) is 56.3 Å². The van der Waals surface area contributed by atoms with Gasteiger partial charge in [-0.15, -0.1) is 0 Å². The molecule has 0 fully saturated rings. The molecule has 0 saturated carbocycles. The molecule has 12 heteroatoms. The Labute approximate surface area is 319 Å². The molecule has 6 N–H and O–H groups in total. The maximum atomic E-state index is 13.1. The first-order valence-corrected chi connectivity index (χ1v) is 17.5. The van der Waals surface area contributed by atoms with Crippen LogP contribution in [0.3, 0.4) is 0 Å². The van der Waals surface area contributed by atoms with Gasteiger partial charge in [0.1, 0.15) is 31.3 Å². The van der Waals surface area contributed by atoms with Crippen molar-refractivity contribution < 1.29 is 38.6 Å². The van der Waals surface area contributed by atoms with Gasteiger partial charge in [0.05, 0.1) is 0 Å². The van der Waals surface area contributed by atoms with Crippen LogP contribution in [0.25, 0.3) is 0 Å². The van der Waals surface area contributed by atoms with Crippen molar-refractivity contribution in [3.8, 4) is 0 Å². The Balaban J connectivity index is 0.000000265. The SMILES string of the molecule is NC(=O)[C@H](Cc1ccccc1)NC(=O)[C@H](Cc1ccccc1)NC(=O)OCc1ccccc1.O=C(N[C@@H](Cc1ccccc1)C(=O)O)OCc1ccccc1. The summed E-state index contributed by atoms with van der Waals surface area (Å²) < 4.78 is 10.3. The predicted molar refractivity (Wildman–Crippen MR) is 206 cm³/mol. The van der Waals surface area contributed by atoms with Crippen molar-refractivity contribution in [2.24, 2.45) is 5.73 Å². The smallest absolute Gasteiger partial charge is 0.408 e. The second kappa shape index (κ2) is 22.2. The third-order valence-corrected chi connectivity index (χ3v) is 8.13. The number of aliphatic carboxylic acids is 1. The fourth-order valence-corrected chi connectivity index (χ4v) is 5.27. The fourth-order valence-electron chi connectivity index (χ4n) is 5.27. The van der Waals surface area contributed by atoms with Gasteiger partial charge in [-0.1, -0.05) is 152 Å². The zero-order valence-electron chi connectivity index (χ0n) is 30.1. The van der Waals surface area contributed by atoms with E-state index in [1.54, 1.807) is 0 Å². The number of carboxylic acid groups (broad SMARTS) is 1. The summed E-state index contributed by atoms with van der Waals surface area (Å²) in [7, 11) is 0. The molecule has 0 aromatic heterocycles. The minimum absolute atomic E-state index is 0.0737. The van der Waals surface area contributed by atoms with Crippen LogP contribution in [0.1, 0.15) is 27.8 Å². The summed E-state index contributed by atoms with van der Waals surface area (Å²) >= 11 is 0. The summed E-state index contributed by atoms with van der Waals surface area (Å²) in [6.07, 6.45) is -0.792.